The highest BCUT2D eigenvalue weighted by Gasteiger charge is 2.31. The van der Waals surface area contributed by atoms with Gasteiger partial charge in [-0.1, -0.05) is 0 Å². The Hall–Kier alpha value is -3.16. The quantitative estimate of drug-likeness (QED) is 0.797. The molecule has 1 aliphatic carbocycles. The molecule has 2 heterocycles. The maximum atomic E-state index is 12.6. The lowest BCUT2D eigenvalue weighted by molar-refractivity contribution is -0.117. The van der Waals surface area contributed by atoms with Crippen LogP contribution in [0, 0.1) is 5.92 Å². The van der Waals surface area contributed by atoms with Gasteiger partial charge in [0.25, 0.3) is 5.91 Å². The number of nitrogens with one attached hydrogen (secondary N) is 1. The van der Waals surface area contributed by atoms with Crippen LogP contribution in [0.4, 0.5) is 11.7 Å². The summed E-state index contributed by atoms with van der Waals surface area (Å²) in [5, 5.41) is 2.60. The third-order valence-corrected chi connectivity index (χ3v) is 5.11. The standard InChI is InChI=1S/C20H22N4O4/c1-13(25)14-4-6-16(7-5-14)23-8-10-24(11-9-23)19(27)17-12-28-20(21-17)22-18(26)15-2-3-15/h4-7,12,15H,2-3,8-11H2,1H3,(H,21,22,26). The Labute approximate surface area is 162 Å². The molecular formula is C20H22N4O4. The SMILES string of the molecule is CC(=O)c1ccc(N2CCN(C(=O)c3coc(NC(=O)C4CC4)n3)CC2)cc1. The van der Waals surface area contributed by atoms with E-state index in [1.807, 2.05) is 24.3 Å². The summed E-state index contributed by atoms with van der Waals surface area (Å²) in [4.78, 5) is 43.8. The van der Waals surface area contributed by atoms with Crippen LogP contribution >= 0.6 is 0 Å². The second-order valence-electron chi connectivity index (χ2n) is 7.18. The molecule has 1 aliphatic heterocycles. The average molecular weight is 382 g/mol. The molecule has 28 heavy (non-hydrogen) atoms. The van der Waals surface area contributed by atoms with Crippen LogP contribution in [0.15, 0.2) is 34.9 Å². The molecule has 0 spiro atoms. The predicted molar refractivity (Wildman–Crippen MR) is 102 cm³/mol. The molecule has 2 aliphatic rings. The average Bonchev–Trinajstić information content (AvgIpc) is 3.47. The first-order valence-electron chi connectivity index (χ1n) is 9.43. The Balaban J connectivity index is 1.33. The minimum Gasteiger partial charge on any atom is -0.431 e. The zero-order chi connectivity index (χ0) is 19.7. The lowest BCUT2D eigenvalue weighted by atomic mass is 10.1. The smallest absolute Gasteiger partial charge is 0.302 e. The molecule has 0 radical (unpaired) electrons. The van der Waals surface area contributed by atoms with Gasteiger partial charge in [-0.25, -0.2) is 0 Å². The number of hydrogen-bond acceptors (Lipinski definition) is 6. The molecule has 2 amide bonds. The van der Waals surface area contributed by atoms with Gasteiger partial charge in [-0.05, 0) is 44.0 Å². The van der Waals surface area contributed by atoms with E-state index in [0.29, 0.717) is 31.7 Å². The molecule has 2 aromatic rings. The van der Waals surface area contributed by atoms with Crippen molar-refractivity contribution in [1.29, 1.82) is 0 Å². The molecule has 0 unspecified atom stereocenters. The fourth-order valence-corrected chi connectivity index (χ4v) is 3.22. The molecule has 0 bridgehead atoms. The van der Waals surface area contributed by atoms with E-state index in [0.717, 1.165) is 18.5 Å². The van der Waals surface area contributed by atoms with Crippen LogP contribution in [0.5, 0.6) is 0 Å². The highest BCUT2D eigenvalue weighted by molar-refractivity contribution is 5.95. The molecule has 146 valence electrons. The zero-order valence-electron chi connectivity index (χ0n) is 15.7. The van der Waals surface area contributed by atoms with Gasteiger partial charge in [-0.15, -0.1) is 0 Å². The highest BCUT2D eigenvalue weighted by Crippen LogP contribution is 2.30. The van der Waals surface area contributed by atoms with Crippen molar-refractivity contribution in [1.82, 2.24) is 9.88 Å². The van der Waals surface area contributed by atoms with Crippen molar-refractivity contribution in [2.75, 3.05) is 36.4 Å². The number of benzene rings is 1. The summed E-state index contributed by atoms with van der Waals surface area (Å²) >= 11 is 0. The number of hydrogen-bond donors (Lipinski definition) is 1. The van der Waals surface area contributed by atoms with Gasteiger partial charge in [0.1, 0.15) is 6.26 Å². The molecular weight excluding hydrogens is 360 g/mol. The number of nitrogens with zero attached hydrogens (tertiary/aromatic N) is 3. The molecule has 0 atom stereocenters. The number of ketones is 1. The first-order chi connectivity index (χ1) is 13.5. The largest absolute Gasteiger partial charge is 0.431 e. The third kappa shape index (κ3) is 3.90. The van der Waals surface area contributed by atoms with Gasteiger partial charge in [-0.2, -0.15) is 4.98 Å². The fourth-order valence-electron chi connectivity index (χ4n) is 3.22. The number of aromatic nitrogens is 1. The zero-order valence-corrected chi connectivity index (χ0v) is 15.7. The van der Waals surface area contributed by atoms with Gasteiger partial charge in [0, 0.05) is 43.3 Å². The highest BCUT2D eigenvalue weighted by atomic mass is 16.4. The summed E-state index contributed by atoms with van der Waals surface area (Å²) in [6.07, 6.45) is 3.07. The normalized spacial score (nSPS) is 16.8. The molecule has 1 aromatic heterocycles. The monoisotopic (exact) mass is 382 g/mol. The minimum atomic E-state index is -0.206. The van der Waals surface area contributed by atoms with Gasteiger partial charge in [0.2, 0.25) is 5.91 Å². The number of rotatable bonds is 5. The fraction of sp³-hybridized carbons (Fsp3) is 0.400. The van der Waals surface area contributed by atoms with E-state index in [1.165, 1.54) is 6.26 Å². The van der Waals surface area contributed by atoms with Crippen LogP contribution < -0.4 is 10.2 Å². The molecule has 4 rings (SSSR count). The van der Waals surface area contributed by atoms with Crippen LogP contribution in [0.3, 0.4) is 0 Å². The lowest BCUT2D eigenvalue weighted by Gasteiger charge is -2.35. The Morgan fingerprint density at radius 1 is 1.07 bits per heavy atom. The van der Waals surface area contributed by atoms with Crippen LogP contribution in [0.2, 0.25) is 0 Å². The van der Waals surface area contributed by atoms with Gasteiger partial charge in [0.15, 0.2) is 11.5 Å². The molecule has 1 aromatic carbocycles. The van der Waals surface area contributed by atoms with Gasteiger partial charge in [0.05, 0.1) is 0 Å². The number of Topliss-reactive ketones (excluding diaryl/α,β-unsaturated/α-hetero) is 1. The maximum absolute atomic E-state index is 12.6. The number of carbonyl (C=O) groups is 3. The summed E-state index contributed by atoms with van der Waals surface area (Å²) in [7, 11) is 0. The van der Waals surface area contributed by atoms with Gasteiger partial charge >= 0.3 is 6.01 Å². The van der Waals surface area contributed by atoms with Crippen LogP contribution in [0.25, 0.3) is 0 Å². The second-order valence-corrected chi connectivity index (χ2v) is 7.18. The van der Waals surface area contributed by atoms with E-state index >= 15 is 0 Å². The summed E-state index contributed by atoms with van der Waals surface area (Å²) in [6.45, 7) is 4.04. The number of amides is 2. The predicted octanol–water partition coefficient (Wildman–Crippen LogP) is 2.19. The Bertz CT molecular complexity index is 893. The maximum Gasteiger partial charge on any atom is 0.302 e. The lowest BCUT2D eigenvalue weighted by Crippen LogP contribution is -2.48. The summed E-state index contributed by atoms with van der Waals surface area (Å²) < 4.78 is 5.22. The third-order valence-electron chi connectivity index (χ3n) is 5.11. The van der Waals surface area contributed by atoms with E-state index in [2.05, 4.69) is 15.2 Å². The van der Waals surface area contributed by atoms with E-state index in [1.54, 1.807) is 11.8 Å². The number of oxazole rings is 1. The summed E-state index contributed by atoms with van der Waals surface area (Å²) in [6, 6.07) is 7.58. The van der Waals surface area contributed by atoms with Crippen LogP contribution in [-0.2, 0) is 4.79 Å². The van der Waals surface area contributed by atoms with Crippen molar-refractivity contribution in [3.8, 4) is 0 Å². The molecule has 8 heteroatoms. The molecule has 2 fully saturated rings. The minimum absolute atomic E-state index is 0.0438. The molecule has 1 saturated carbocycles. The first-order valence-corrected chi connectivity index (χ1v) is 9.43. The number of carbonyl (C=O) groups excluding carboxylic acids is 3. The Kier molecular flexibility index (Phi) is 4.85. The van der Waals surface area contributed by atoms with Crippen molar-refractivity contribution in [2.45, 2.75) is 19.8 Å². The van der Waals surface area contributed by atoms with E-state index in [9.17, 15) is 14.4 Å². The number of anilines is 2. The van der Waals surface area contributed by atoms with Crippen molar-refractivity contribution in [2.24, 2.45) is 5.92 Å². The van der Waals surface area contributed by atoms with Crippen LogP contribution in [-0.4, -0.2) is 53.7 Å². The number of piperazine rings is 1. The first kappa shape index (κ1) is 18.2. The van der Waals surface area contributed by atoms with Crippen molar-refractivity contribution < 1.29 is 18.8 Å². The van der Waals surface area contributed by atoms with Crippen molar-refractivity contribution in [3.05, 3.63) is 41.8 Å². The Morgan fingerprint density at radius 3 is 2.36 bits per heavy atom. The molecule has 1 saturated heterocycles. The summed E-state index contributed by atoms with van der Waals surface area (Å²) in [5.41, 5.74) is 1.92. The van der Waals surface area contributed by atoms with Crippen LogP contribution in [0.1, 0.15) is 40.6 Å². The second kappa shape index (κ2) is 7.46. The van der Waals surface area contributed by atoms with E-state index in [-0.39, 0.29) is 35.2 Å². The molecule has 1 N–H and O–H groups in total. The van der Waals surface area contributed by atoms with Crippen molar-refractivity contribution in [3.63, 3.8) is 0 Å². The topological polar surface area (TPSA) is 95.8 Å². The van der Waals surface area contributed by atoms with Crippen molar-refractivity contribution >= 4 is 29.3 Å². The van der Waals surface area contributed by atoms with E-state index < -0.39 is 0 Å². The summed E-state index contributed by atoms with van der Waals surface area (Å²) in [5.74, 6) is -0.224. The van der Waals surface area contributed by atoms with Gasteiger partial charge < -0.3 is 14.2 Å². The van der Waals surface area contributed by atoms with E-state index in [4.69, 9.17) is 4.42 Å². The van der Waals surface area contributed by atoms with Gasteiger partial charge in [-0.3, -0.25) is 19.7 Å². The Morgan fingerprint density at radius 2 is 1.75 bits per heavy atom. The molecule has 8 nitrogen and oxygen atoms in total.